The highest BCUT2D eigenvalue weighted by molar-refractivity contribution is 9.10. The maximum Gasteiger partial charge on any atom is 0.342 e. The van der Waals surface area contributed by atoms with Gasteiger partial charge in [0.15, 0.2) is 9.84 Å². The number of benzene rings is 2. The average Bonchev–Trinajstić information content (AvgIpc) is 2.77. The van der Waals surface area contributed by atoms with Crippen molar-refractivity contribution in [3.63, 3.8) is 0 Å². The standard InChI is InChI=1S/C24H29BrFNO5S/c1-5-27(6-2)14-8-9-17-15-19(26)11-13-21(17)33(29,30)16-18-10-12-20(25)23(31-4)22(18)24(28)32-7-3/h8-13,15H,5-7,14,16H2,1-4H3. The van der Waals surface area contributed by atoms with Gasteiger partial charge in [0.1, 0.15) is 17.1 Å². The van der Waals surface area contributed by atoms with E-state index in [-0.39, 0.29) is 33.9 Å². The smallest absolute Gasteiger partial charge is 0.342 e. The molecule has 180 valence electrons. The molecule has 0 fully saturated rings. The zero-order valence-corrected chi connectivity index (χ0v) is 21.6. The molecule has 0 atom stereocenters. The quantitative estimate of drug-likeness (QED) is 0.291. The molecule has 33 heavy (non-hydrogen) atoms. The fraction of sp³-hybridized carbons (Fsp3) is 0.375. The first-order chi connectivity index (χ1) is 15.7. The van der Waals surface area contributed by atoms with Gasteiger partial charge in [-0.05, 0) is 71.3 Å². The van der Waals surface area contributed by atoms with Crippen molar-refractivity contribution in [3.05, 3.63) is 63.4 Å². The van der Waals surface area contributed by atoms with Gasteiger partial charge in [-0.3, -0.25) is 0 Å². The van der Waals surface area contributed by atoms with Crippen molar-refractivity contribution in [2.45, 2.75) is 31.4 Å². The van der Waals surface area contributed by atoms with Crippen LogP contribution in [0.1, 0.15) is 42.3 Å². The molecule has 2 aromatic carbocycles. The van der Waals surface area contributed by atoms with Crippen LogP contribution in [-0.4, -0.2) is 52.6 Å². The van der Waals surface area contributed by atoms with E-state index in [1.165, 1.54) is 25.3 Å². The van der Waals surface area contributed by atoms with E-state index in [1.807, 2.05) is 19.9 Å². The predicted octanol–water partition coefficient (Wildman–Crippen LogP) is 5.10. The minimum Gasteiger partial charge on any atom is -0.495 e. The molecule has 0 N–H and O–H groups in total. The Morgan fingerprint density at radius 2 is 1.85 bits per heavy atom. The topological polar surface area (TPSA) is 72.9 Å². The number of methoxy groups -OCH3 is 1. The Bertz CT molecular complexity index is 1110. The summed E-state index contributed by atoms with van der Waals surface area (Å²) in [5.41, 5.74) is 0.526. The third-order valence-corrected chi connectivity index (χ3v) is 7.44. The first kappa shape index (κ1) is 27.0. The van der Waals surface area contributed by atoms with Crippen LogP contribution in [0.5, 0.6) is 5.75 Å². The van der Waals surface area contributed by atoms with Crippen LogP contribution in [0.15, 0.2) is 45.8 Å². The molecule has 0 bridgehead atoms. The summed E-state index contributed by atoms with van der Waals surface area (Å²) in [4.78, 5) is 14.7. The van der Waals surface area contributed by atoms with Crippen LogP contribution in [0.2, 0.25) is 0 Å². The molecule has 0 saturated heterocycles. The van der Waals surface area contributed by atoms with E-state index >= 15 is 0 Å². The second kappa shape index (κ2) is 12.3. The van der Waals surface area contributed by atoms with Crippen molar-refractivity contribution < 1.29 is 27.1 Å². The average molecular weight is 542 g/mol. The van der Waals surface area contributed by atoms with E-state index < -0.39 is 27.4 Å². The summed E-state index contributed by atoms with van der Waals surface area (Å²) in [5.74, 6) is -1.50. The molecule has 0 aliphatic carbocycles. The van der Waals surface area contributed by atoms with Crippen LogP contribution in [0, 0.1) is 5.82 Å². The summed E-state index contributed by atoms with van der Waals surface area (Å²) >= 11 is 3.32. The third kappa shape index (κ3) is 6.88. The second-order valence-corrected chi connectivity index (χ2v) is 9.98. The SMILES string of the molecule is CCOC(=O)c1c(CS(=O)(=O)c2ccc(F)cc2C=CCN(CC)CC)ccc(Br)c1OC. The second-order valence-electron chi connectivity index (χ2n) is 7.16. The minimum atomic E-state index is -3.94. The fourth-order valence-electron chi connectivity index (χ4n) is 3.37. The summed E-state index contributed by atoms with van der Waals surface area (Å²) in [6.07, 6.45) is 3.43. The summed E-state index contributed by atoms with van der Waals surface area (Å²) in [7, 11) is -2.55. The van der Waals surface area contributed by atoms with E-state index in [0.29, 0.717) is 11.0 Å². The van der Waals surface area contributed by atoms with Gasteiger partial charge in [-0.1, -0.05) is 32.1 Å². The molecule has 0 aliphatic heterocycles. The van der Waals surface area contributed by atoms with Crippen LogP contribution >= 0.6 is 15.9 Å². The molecule has 2 aromatic rings. The maximum absolute atomic E-state index is 14.0. The van der Waals surface area contributed by atoms with Gasteiger partial charge in [-0.2, -0.15) is 0 Å². The van der Waals surface area contributed by atoms with E-state index in [1.54, 1.807) is 19.1 Å². The molecule has 6 nitrogen and oxygen atoms in total. The molecular weight excluding hydrogens is 513 g/mol. The monoisotopic (exact) mass is 541 g/mol. The first-order valence-electron chi connectivity index (χ1n) is 10.6. The highest BCUT2D eigenvalue weighted by Gasteiger charge is 2.26. The number of nitrogens with zero attached hydrogens (tertiary/aromatic N) is 1. The zero-order valence-electron chi connectivity index (χ0n) is 19.2. The van der Waals surface area contributed by atoms with Crippen LogP contribution in [0.3, 0.4) is 0 Å². The first-order valence-corrected chi connectivity index (χ1v) is 13.1. The summed E-state index contributed by atoms with van der Waals surface area (Å²) < 4.78 is 51.7. The van der Waals surface area contributed by atoms with Crippen molar-refractivity contribution in [1.29, 1.82) is 0 Å². The lowest BCUT2D eigenvalue weighted by molar-refractivity contribution is 0.0521. The number of halogens is 2. The van der Waals surface area contributed by atoms with Crippen molar-refractivity contribution in [2.75, 3.05) is 33.4 Å². The Hall–Kier alpha value is -2.23. The molecular formula is C24H29BrFNO5S. The van der Waals surface area contributed by atoms with Gasteiger partial charge in [0.2, 0.25) is 0 Å². The van der Waals surface area contributed by atoms with Crippen LogP contribution in [0.4, 0.5) is 4.39 Å². The third-order valence-electron chi connectivity index (χ3n) is 5.09. The Morgan fingerprint density at radius 1 is 1.15 bits per heavy atom. The van der Waals surface area contributed by atoms with Crippen molar-refractivity contribution in [1.82, 2.24) is 4.90 Å². The number of carbonyl (C=O) groups excluding carboxylic acids is 1. The molecule has 0 unspecified atom stereocenters. The number of likely N-dealkylation sites (N-methyl/N-ethyl adjacent to an activating group) is 1. The fourth-order valence-corrected chi connectivity index (χ4v) is 5.43. The van der Waals surface area contributed by atoms with Crippen molar-refractivity contribution in [3.8, 4) is 5.75 Å². The number of hydrogen-bond donors (Lipinski definition) is 0. The lowest BCUT2D eigenvalue weighted by Crippen LogP contribution is -2.22. The molecule has 0 aromatic heterocycles. The normalized spacial score (nSPS) is 11.8. The van der Waals surface area contributed by atoms with Gasteiger partial charge < -0.3 is 14.4 Å². The molecule has 0 saturated carbocycles. The maximum atomic E-state index is 14.0. The van der Waals surface area contributed by atoms with Crippen LogP contribution < -0.4 is 4.74 Å². The number of sulfone groups is 1. The highest BCUT2D eigenvalue weighted by atomic mass is 79.9. The molecule has 9 heteroatoms. The van der Waals surface area contributed by atoms with Crippen molar-refractivity contribution in [2.24, 2.45) is 0 Å². The summed E-state index contributed by atoms with van der Waals surface area (Å²) in [6.45, 7) is 8.15. The molecule has 0 spiro atoms. The lowest BCUT2D eigenvalue weighted by atomic mass is 10.1. The van der Waals surface area contributed by atoms with Gasteiger partial charge in [0.05, 0.1) is 28.8 Å². The zero-order chi connectivity index (χ0) is 24.6. The highest BCUT2D eigenvalue weighted by Crippen LogP contribution is 2.34. The van der Waals surface area contributed by atoms with E-state index in [4.69, 9.17) is 9.47 Å². The van der Waals surface area contributed by atoms with Gasteiger partial charge in [-0.25, -0.2) is 17.6 Å². The Morgan fingerprint density at radius 3 is 2.45 bits per heavy atom. The molecule has 2 rings (SSSR count). The Balaban J connectivity index is 2.50. The molecule has 0 radical (unpaired) electrons. The van der Waals surface area contributed by atoms with Gasteiger partial charge >= 0.3 is 5.97 Å². The van der Waals surface area contributed by atoms with E-state index in [0.717, 1.165) is 19.2 Å². The van der Waals surface area contributed by atoms with Gasteiger partial charge in [0, 0.05) is 6.54 Å². The number of rotatable bonds is 11. The van der Waals surface area contributed by atoms with Gasteiger partial charge in [-0.15, -0.1) is 0 Å². The Kier molecular flexibility index (Phi) is 10.1. The van der Waals surface area contributed by atoms with Gasteiger partial charge in [0.25, 0.3) is 0 Å². The molecule has 0 heterocycles. The van der Waals surface area contributed by atoms with E-state index in [9.17, 15) is 17.6 Å². The number of hydrogen-bond acceptors (Lipinski definition) is 6. The summed E-state index contributed by atoms with van der Waals surface area (Å²) in [5, 5.41) is 0. The minimum absolute atomic E-state index is 0.0172. The van der Waals surface area contributed by atoms with Crippen molar-refractivity contribution >= 4 is 37.8 Å². The number of esters is 1. The largest absolute Gasteiger partial charge is 0.495 e. The predicted molar refractivity (Wildman–Crippen MR) is 131 cm³/mol. The van der Waals surface area contributed by atoms with E-state index in [2.05, 4.69) is 20.8 Å². The molecule has 0 amide bonds. The van der Waals surface area contributed by atoms with Crippen LogP contribution in [-0.2, 0) is 20.3 Å². The molecule has 0 aliphatic rings. The van der Waals surface area contributed by atoms with Crippen LogP contribution in [0.25, 0.3) is 6.08 Å². The lowest BCUT2D eigenvalue weighted by Gasteiger charge is -2.16. The summed E-state index contributed by atoms with van der Waals surface area (Å²) in [6, 6.07) is 6.71. The number of ether oxygens (including phenoxy) is 2. The Labute approximate surface area is 203 Å². The number of carbonyl (C=O) groups is 1.